The molecule has 0 unspecified atom stereocenters. The summed E-state index contributed by atoms with van der Waals surface area (Å²) in [6.45, 7) is 5.09. The largest absolute Gasteiger partial charge is 0.376 e. The molecular formula is C23H25N3O3S. The van der Waals surface area contributed by atoms with Crippen LogP contribution in [0.5, 0.6) is 0 Å². The van der Waals surface area contributed by atoms with E-state index in [9.17, 15) is 9.59 Å². The number of hydrogen-bond acceptors (Lipinski definition) is 5. The Hall–Kier alpha value is -2.64. The summed E-state index contributed by atoms with van der Waals surface area (Å²) in [5.41, 5.74) is 2.28. The molecule has 2 heterocycles. The zero-order valence-electron chi connectivity index (χ0n) is 17.1. The van der Waals surface area contributed by atoms with Crippen molar-refractivity contribution in [1.82, 2.24) is 14.9 Å². The Labute approximate surface area is 179 Å². The van der Waals surface area contributed by atoms with E-state index < -0.39 is 5.25 Å². The van der Waals surface area contributed by atoms with Crippen molar-refractivity contribution in [2.75, 3.05) is 13.2 Å². The first kappa shape index (κ1) is 20.6. The molecule has 1 aromatic heterocycles. The second-order valence-corrected chi connectivity index (χ2v) is 8.84. The number of thioether (sulfide) groups is 1. The van der Waals surface area contributed by atoms with Crippen LogP contribution in [0.1, 0.15) is 25.3 Å². The minimum Gasteiger partial charge on any atom is -0.376 e. The van der Waals surface area contributed by atoms with Crippen LogP contribution in [0.2, 0.25) is 0 Å². The number of amides is 1. The number of rotatable bonds is 6. The minimum absolute atomic E-state index is 0.0892. The number of hydrogen-bond donors (Lipinski definition) is 1. The van der Waals surface area contributed by atoms with Gasteiger partial charge < -0.3 is 10.1 Å². The van der Waals surface area contributed by atoms with E-state index in [1.54, 1.807) is 10.6 Å². The van der Waals surface area contributed by atoms with E-state index in [2.05, 4.69) is 5.32 Å². The highest BCUT2D eigenvalue weighted by molar-refractivity contribution is 8.00. The molecule has 0 aliphatic carbocycles. The third-order valence-electron chi connectivity index (χ3n) is 5.18. The smallest absolute Gasteiger partial charge is 0.266 e. The van der Waals surface area contributed by atoms with Gasteiger partial charge in [-0.05, 0) is 56.5 Å². The van der Waals surface area contributed by atoms with Gasteiger partial charge >= 0.3 is 0 Å². The first-order valence-corrected chi connectivity index (χ1v) is 11.1. The predicted octanol–water partition coefficient (Wildman–Crippen LogP) is 3.47. The molecule has 1 fully saturated rings. The van der Waals surface area contributed by atoms with Crippen LogP contribution in [0.15, 0.2) is 58.5 Å². The minimum atomic E-state index is -0.407. The van der Waals surface area contributed by atoms with Crippen LogP contribution in [0.4, 0.5) is 0 Å². The van der Waals surface area contributed by atoms with Crippen LogP contribution in [-0.4, -0.2) is 40.0 Å². The molecule has 3 aromatic rings. The maximum absolute atomic E-state index is 13.3. The Morgan fingerprint density at radius 3 is 2.90 bits per heavy atom. The lowest BCUT2D eigenvalue weighted by atomic mass is 10.2. The summed E-state index contributed by atoms with van der Waals surface area (Å²) >= 11 is 1.29. The maximum Gasteiger partial charge on any atom is 0.266 e. The molecule has 1 aliphatic heterocycles. The van der Waals surface area contributed by atoms with E-state index in [1.165, 1.54) is 11.8 Å². The molecule has 0 radical (unpaired) electrons. The van der Waals surface area contributed by atoms with Crippen molar-refractivity contribution in [3.63, 3.8) is 0 Å². The van der Waals surface area contributed by atoms with E-state index in [0.717, 1.165) is 30.7 Å². The predicted molar refractivity (Wildman–Crippen MR) is 119 cm³/mol. The molecule has 2 atom stereocenters. The summed E-state index contributed by atoms with van der Waals surface area (Å²) in [5, 5.41) is 3.62. The van der Waals surface area contributed by atoms with Crippen LogP contribution in [0, 0.1) is 6.92 Å². The molecule has 0 spiro atoms. The van der Waals surface area contributed by atoms with Gasteiger partial charge in [0, 0.05) is 13.2 Å². The first-order valence-electron chi connectivity index (χ1n) is 10.2. The lowest BCUT2D eigenvalue weighted by molar-refractivity contribution is -0.120. The van der Waals surface area contributed by atoms with Crippen molar-refractivity contribution in [3.05, 3.63) is 64.4 Å². The summed E-state index contributed by atoms with van der Waals surface area (Å²) in [6.07, 6.45) is 2.10. The van der Waals surface area contributed by atoms with E-state index in [-0.39, 0.29) is 17.6 Å². The first-order chi connectivity index (χ1) is 14.5. The quantitative estimate of drug-likeness (QED) is 0.485. The summed E-state index contributed by atoms with van der Waals surface area (Å²) in [4.78, 5) is 30.7. The molecule has 4 rings (SSSR count). The van der Waals surface area contributed by atoms with Crippen molar-refractivity contribution in [1.29, 1.82) is 0 Å². The van der Waals surface area contributed by atoms with Gasteiger partial charge in [-0.15, -0.1) is 0 Å². The van der Waals surface area contributed by atoms with Gasteiger partial charge in [0.15, 0.2) is 5.16 Å². The number of nitrogens with one attached hydrogen (secondary N) is 1. The summed E-state index contributed by atoms with van der Waals surface area (Å²) in [6, 6.07) is 15.0. The summed E-state index contributed by atoms with van der Waals surface area (Å²) in [7, 11) is 0. The van der Waals surface area contributed by atoms with Gasteiger partial charge in [0.1, 0.15) is 0 Å². The monoisotopic (exact) mass is 423 g/mol. The number of aromatic nitrogens is 2. The maximum atomic E-state index is 13.3. The molecule has 1 aliphatic rings. The molecule has 1 saturated heterocycles. The Kier molecular flexibility index (Phi) is 6.20. The van der Waals surface area contributed by atoms with Crippen LogP contribution < -0.4 is 10.9 Å². The number of carbonyl (C=O) groups is 1. The molecule has 1 N–H and O–H groups in total. The second kappa shape index (κ2) is 9.02. The highest BCUT2D eigenvalue weighted by Crippen LogP contribution is 2.25. The van der Waals surface area contributed by atoms with E-state index >= 15 is 0 Å². The number of fused-ring (bicyclic) bond motifs is 1. The number of carbonyl (C=O) groups excluding carboxylic acids is 1. The fourth-order valence-corrected chi connectivity index (χ4v) is 4.51. The molecule has 0 bridgehead atoms. The van der Waals surface area contributed by atoms with E-state index in [0.29, 0.717) is 22.6 Å². The van der Waals surface area contributed by atoms with E-state index in [1.807, 2.05) is 56.3 Å². The average molecular weight is 424 g/mol. The second-order valence-electron chi connectivity index (χ2n) is 7.53. The van der Waals surface area contributed by atoms with E-state index in [4.69, 9.17) is 9.72 Å². The third kappa shape index (κ3) is 4.42. The van der Waals surface area contributed by atoms with Gasteiger partial charge in [0.25, 0.3) is 5.56 Å². The zero-order valence-corrected chi connectivity index (χ0v) is 17.9. The SMILES string of the molecule is Cc1cccc(-n2c(S[C@H](C)C(=O)NC[C@H]3CCCO3)nc3ccccc3c2=O)c1. The Bertz CT molecular complexity index is 1120. The third-order valence-corrected chi connectivity index (χ3v) is 6.24. The van der Waals surface area contributed by atoms with Gasteiger partial charge in [-0.3, -0.25) is 14.2 Å². The Morgan fingerprint density at radius 1 is 1.30 bits per heavy atom. The number of ether oxygens (including phenoxy) is 1. The van der Waals surface area contributed by atoms with Gasteiger partial charge in [-0.25, -0.2) is 4.98 Å². The zero-order chi connectivity index (χ0) is 21.1. The normalized spacial score (nSPS) is 17.2. The van der Waals surface area contributed by atoms with Crippen LogP contribution >= 0.6 is 11.8 Å². The van der Waals surface area contributed by atoms with Crippen molar-refractivity contribution in [3.8, 4) is 5.69 Å². The van der Waals surface area contributed by atoms with Crippen molar-refractivity contribution in [2.24, 2.45) is 0 Å². The Balaban J connectivity index is 1.65. The Morgan fingerprint density at radius 2 is 2.13 bits per heavy atom. The summed E-state index contributed by atoms with van der Waals surface area (Å²) in [5.74, 6) is -0.0892. The lowest BCUT2D eigenvalue weighted by Crippen LogP contribution is -2.36. The summed E-state index contributed by atoms with van der Waals surface area (Å²) < 4.78 is 7.18. The average Bonchev–Trinajstić information content (AvgIpc) is 3.26. The molecular weight excluding hydrogens is 398 g/mol. The molecule has 0 saturated carbocycles. The van der Waals surface area contributed by atoms with Gasteiger partial charge in [0.05, 0.1) is 27.9 Å². The molecule has 30 heavy (non-hydrogen) atoms. The van der Waals surface area contributed by atoms with Crippen LogP contribution in [-0.2, 0) is 9.53 Å². The number of aryl methyl sites for hydroxylation is 1. The van der Waals surface area contributed by atoms with Gasteiger partial charge in [-0.1, -0.05) is 36.0 Å². The molecule has 2 aromatic carbocycles. The molecule has 7 heteroatoms. The lowest BCUT2D eigenvalue weighted by Gasteiger charge is -2.17. The van der Waals surface area contributed by atoms with Crippen LogP contribution in [0.25, 0.3) is 16.6 Å². The van der Waals surface area contributed by atoms with Crippen molar-refractivity contribution < 1.29 is 9.53 Å². The fraction of sp³-hybridized carbons (Fsp3) is 0.348. The van der Waals surface area contributed by atoms with Crippen molar-refractivity contribution >= 4 is 28.6 Å². The molecule has 156 valence electrons. The fourth-order valence-electron chi connectivity index (χ4n) is 3.56. The van der Waals surface area contributed by atoms with Crippen molar-refractivity contribution in [2.45, 2.75) is 43.2 Å². The standard InChI is InChI=1S/C23H25N3O3S/c1-15-7-5-8-17(13-15)26-22(28)19-10-3-4-11-20(19)25-23(26)30-16(2)21(27)24-14-18-9-6-12-29-18/h3-5,7-8,10-11,13,16,18H,6,9,12,14H2,1-2H3,(H,24,27)/t16-,18-/m1/s1. The highest BCUT2D eigenvalue weighted by Gasteiger charge is 2.22. The number of para-hydroxylation sites is 1. The molecule has 6 nitrogen and oxygen atoms in total. The van der Waals surface area contributed by atoms with Gasteiger partial charge in [0.2, 0.25) is 5.91 Å². The number of benzene rings is 2. The van der Waals surface area contributed by atoms with Gasteiger partial charge in [-0.2, -0.15) is 0 Å². The number of nitrogens with zero attached hydrogens (tertiary/aromatic N) is 2. The topological polar surface area (TPSA) is 73.2 Å². The highest BCUT2D eigenvalue weighted by atomic mass is 32.2. The molecule has 1 amide bonds. The van der Waals surface area contributed by atoms with Crippen LogP contribution in [0.3, 0.4) is 0 Å².